The molecule has 3 heteroatoms. The highest BCUT2D eigenvalue weighted by Gasteiger charge is 2.07. The van der Waals surface area contributed by atoms with Crippen LogP contribution < -0.4 is 0 Å². The molecule has 3 rings (SSSR count). The molecule has 2 aromatic carbocycles. The summed E-state index contributed by atoms with van der Waals surface area (Å²) in [5.41, 5.74) is 3.17. The normalized spacial score (nSPS) is 9.95. The SMILES string of the molecule is N#Cc1ccccc1-c1ccnc(-c2ccccc2)n1. The minimum absolute atomic E-state index is 0.616. The molecule has 0 saturated heterocycles. The number of nitriles is 1. The van der Waals surface area contributed by atoms with E-state index in [9.17, 15) is 5.26 Å². The Morgan fingerprint density at radius 3 is 2.40 bits per heavy atom. The van der Waals surface area contributed by atoms with Gasteiger partial charge in [0.05, 0.1) is 17.3 Å². The molecular formula is C17H11N3. The fraction of sp³-hybridized carbons (Fsp3) is 0. The summed E-state index contributed by atoms with van der Waals surface area (Å²) < 4.78 is 0. The van der Waals surface area contributed by atoms with Gasteiger partial charge in [-0.25, -0.2) is 9.97 Å². The number of aromatic nitrogens is 2. The summed E-state index contributed by atoms with van der Waals surface area (Å²) in [7, 11) is 0. The highest BCUT2D eigenvalue weighted by molar-refractivity contribution is 5.69. The van der Waals surface area contributed by atoms with Gasteiger partial charge in [0.15, 0.2) is 5.82 Å². The molecule has 0 spiro atoms. The van der Waals surface area contributed by atoms with Gasteiger partial charge in [0, 0.05) is 17.3 Å². The fourth-order valence-electron chi connectivity index (χ4n) is 2.04. The highest BCUT2D eigenvalue weighted by Crippen LogP contribution is 2.23. The summed E-state index contributed by atoms with van der Waals surface area (Å²) in [5, 5.41) is 9.17. The third-order valence-electron chi connectivity index (χ3n) is 3.01. The van der Waals surface area contributed by atoms with Crippen LogP contribution in [0.4, 0.5) is 0 Å². The molecule has 3 nitrogen and oxygen atoms in total. The average Bonchev–Trinajstić information content (AvgIpc) is 2.56. The summed E-state index contributed by atoms with van der Waals surface area (Å²) in [6.45, 7) is 0. The Morgan fingerprint density at radius 2 is 1.60 bits per heavy atom. The second-order valence-corrected chi connectivity index (χ2v) is 4.29. The van der Waals surface area contributed by atoms with Gasteiger partial charge in [0.25, 0.3) is 0 Å². The summed E-state index contributed by atoms with van der Waals surface area (Å²) in [6.07, 6.45) is 1.72. The van der Waals surface area contributed by atoms with Crippen LogP contribution in [0.5, 0.6) is 0 Å². The molecule has 0 saturated carbocycles. The first-order valence-corrected chi connectivity index (χ1v) is 6.26. The van der Waals surface area contributed by atoms with Crippen molar-refractivity contribution in [1.29, 1.82) is 5.26 Å². The van der Waals surface area contributed by atoms with Crippen LogP contribution >= 0.6 is 0 Å². The first-order valence-electron chi connectivity index (χ1n) is 6.26. The predicted octanol–water partition coefficient (Wildman–Crippen LogP) is 3.68. The van der Waals surface area contributed by atoms with E-state index in [2.05, 4.69) is 16.0 Å². The number of rotatable bonds is 2. The molecule has 1 aromatic heterocycles. The largest absolute Gasteiger partial charge is 0.237 e. The third kappa shape index (κ3) is 2.27. The molecule has 20 heavy (non-hydrogen) atoms. The zero-order chi connectivity index (χ0) is 13.8. The Balaban J connectivity index is 2.11. The van der Waals surface area contributed by atoms with Gasteiger partial charge < -0.3 is 0 Å². The molecule has 0 N–H and O–H groups in total. The Labute approximate surface area is 117 Å². The number of hydrogen-bond donors (Lipinski definition) is 0. The molecule has 0 radical (unpaired) electrons. The first-order chi connectivity index (χ1) is 9.88. The Hall–Kier alpha value is -2.99. The Bertz CT molecular complexity index is 773. The minimum Gasteiger partial charge on any atom is -0.237 e. The maximum absolute atomic E-state index is 9.17. The second kappa shape index (κ2) is 5.33. The zero-order valence-corrected chi connectivity index (χ0v) is 10.7. The second-order valence-electron chi connectivity index (χ2n) is 4.29. The van der Waals surface area contributed by atoms with Crippen molar-refractivity contribution >= 4 is 0 Å². The standard InChI is InChI=1S/C17H11N3/c18-12-14-8-4-5-9-15(14)16-10-11-19-17(20-16)13-6-2-1-3-7-13/h1-11H. The monoisotopic (exact) mass is 257 g/mol. The van der Waals surface area contributed by atoms with Crippen molar-refractivity contribution in [2.75, 3.05) is 0 Å². The van der Waals surface area contributed by atoms with Gasteiger partial charge in [-0.1, -0.05) is 48.5 Å². The van der Waals surface area contributed by atoms with Gasteiger partial charge in [-0.3, -0.25) is 0 Å². The van der Waals surface area contributed by atoms with E-state index in [0.717, 1.165) is 16.8 Å². The van der Waals surface area contributed by atoms with E-state index >= 15 is 0 Å². The molecular weight excluding hydrogens is 246 g/mol. The maximum Gasteiger partial charge on any atom is 0.159 e. The quantitative estimate of drug-likeness (QED) is 0.703. The molecule has 1 heterocycles. The van der Waals surface area contributed by atoms with E-state index < -0.39 is 0 Å². The van der Waals surface area contributed by atoms with Crippen LogP contribution in [-0.4, -0.2) is 9.97 Å². The fourth-order valence-corrected chi connectivity index (χ4v) is 2.04. The molecule has 94 valence electrons. The van der Waals surface area contributed by atoms with Crippen molar-refractivity contribution in [2.24, 2.45) is 0 Å². The van der Waals surface area contributed by atoms with E-state index in [1.807, 2.05) is 54.6 Å². The molecule has 0 aliphatic heterocycles. The Morgan fingerprint density at radius 1 is 0.850 bits per heavy atom. The topological polar surface area (TPSA) is 49.6 Å². The molecule has 0 fully saturated rings. The van der Waals surface area contributed by atoms with Crippen LogP contribution in [0.25, 0.3) is 22.6 Å². The van der Waals surface area contributed by atoms with Crippen LogP contribution in [0.15, 0.2) is 66.9 Å². The molecule has 0 aliphatic rings. The van der Waals surface area contributed by atoms with E-state index in [1.54, 1.807) is 12.3 Å². The smallest absolute Gasteiger partial charge is 0.159 e. The van der Waals surface area contributed by atoms with Crippen LogP contribution in [0.2, 0.25) is 0 Å². The third-order valence-corrected chi connectivity index (χ3v) is 3.01. The van der Waals surface area contributed by atoms with E-state index in [1.165, 1.54) is 0 Å². The maximum atomic E-state index is 9.17. The molecule has 0 aliphatic carbocycles. The van der Waals surface area contributed by atoms with Crippen molar-refractivity contribution < 1.29 is 0 Å². The summed E-state index contributed by atoms with van der Waals surface area (Å²) in [6, 6.07) is 21.3. The van der Waals surface area contributed by atoms with Gasteiger partial charge in [0.1, 0.15) is 0 Å². The lowest BCUT2D eigenvalue weighted by Gasteiger charge is -2.05. The minimum atomic E-state index is 0.616. The molecule has 3 aromatic rings. The van der Waals surface area contributed by atoms with Gasteiger partial charge in [-0.2, -0.15) is 5.26 Å². The van der Waals surface area contributed by atoms with Crippen molar-refractivity contribution in [3.63, 3.8) is 0 Å². The van der Waals surface area contributed by atoms with Gasteiger partial charge in [-0.15, -0.1) is 0 Å². The number of benzene rings is 2. The van der Waals surface area contributed by atoms with Crippen LogP contribution in [0.1, 0.15) is 5.56 Å². The number of nitrogens with zero attached hydrogens (tertiary/aromatic N) is 3. The van der Waals surface area contributed by atoms with Gasteiger partial charge >= 0.3 is 0 Å². The molecule has 0 bridgehead atoms. The van der Waals surface area contributed by atoms with Crippen molar-refractivity contribution in [3.8, 4) is 28.7 Å². The van der Waals surface area contributed by atoms with Crippen molar-refractivity contribution in [2.45, 2.75) is 0 Å². The zero-order valence-electron chi connectivity index (χ0n) is 10.7. The lowest BCUT2D eigenvalue weighted by atomic mass is 10.1. The average molecular weight is 257 g/mol. The lowest BCUT2D eigenvalue weighted by Crippen LogP contribution is -1.93. The van der Waals surface area contributed by atoms with Crippen molar-refractivity contribution in [1.82, 2.24) is 9.97 Å². The van der Waals surface area contributed by atoms with Crippen molar-refractivity contribution in [3.05, 3.63) is 72.4 Å². The molecule has 0 unspecified atom stereocenters. The number of hydrogen-bond acceptors (Lipinski definition) is 3. The molecule has 0 atom stereocenters. The van der Waals surface area contributed by atoms with E-state index in [-0.39, 0.29) is 0 Å². The van der Waals surface area contributed by atoms with Gasteiger partial charge in [0.2, 0.25) is 0 Å². The van der Waals surface area contributed by atoms with E-state index in [4.69, 9.17) is 0 Å². The van der Waals surface area contributed by atoms with Crippen LogP contribution in [0, 0.1) is 11.3 Å². The molecule has 0 amide bonds. The van der Waals surface area contributed by atoms with E-state index in [0.29, 0.717) is 11.4 Å². The van der Waals surface area contributed by atoms with Crippen LogP contribution in [-0.2, 0) is 0 Å². The lowest BCUT2D eigenvalue weighted by molar-refractivity contribution is 1.18. The summed E-state index contributed by atoms with van der Waals surface area (Å²) in [4.78, 5) is 8.86. The highest BCUT2D eigenvalue weighted by atomic mass is 14.9. The van der Waals surface area contributed by atoms with Gasteiger partial charge in [-0.05, 0) is 12.1 Å². The Kier molecular flexibility index (Phi) is 3.22. The summed E-state index contributed by atoms with van der Waals surface area (Å²) in [5.74, 6) is 0.663. The van der Waals surface area contributed by atoms with Crippen LogP contribution in [0.3, 0.4) is 0 Å². The predicted molar refractivity (Wildman–Crippen MR) is 77.6 cm³/mol. The summed E-state index contributed by atoms with van der Waals surface area (Å²) >= 11 is 0. The first kappa shape index (κ1) is 12.1.